The lowest BCUT2D eigenvalue weighted by atomic mass is 10.1. The van der Waals surface area contributed by atoms with Gasteiger partial charge >= 0.3 is 5.97 Å². The van der Waals surface area contributed by atoms with E-state index in [0.717, 1.165) is 0 Å². The average Bonchev–Trinajstić information content (AvgIpc) is 2.76. The van der Waals surface area contributed by atoms with Crippen LogP contribution in [0.5, 0.6) is 0 Å². The lowest BCUT2D eigenvalue weighted by molar-refractivity contribution is -0.139. The van der Waals surface area contributed by atoms with Gasteiger partial charge in [0.2, 0.25) is 5.91 Å². The van der Waals surface area contributed by atoms with Crippen molar-refractivity contribution in [3.8, 4) is 0 Å². The van der Waals surface area contributed by atoms with Gasteiger partial charge in [0.15, 0.2) is 5.69 Å². The van der Waals surface area contributed by atoms with Gasteiger partial charge in [0.1, 0.15) is 12.3 Å². The van der Waals surface area contributed by atoms with Crippen molar-refractivity contribution in [3.63, 3.8) is 0 Å². The van der Waals surface area contributed by atoms with Gasteiger partial charge in [-0.3, -0.25) is 9.59 Å². The summed E-state index contributed by atoms with van der Waals surface area (Å²) < 4.78 is 4.44. The molecule has 1 heterocycles. The predicted octanol–water partition coefficient (Wildman–Crippen LogP) is -0.877. The number of nitrogens with two attached hydrogens (primary N) is 1. The minimum absolute atomic E-state index is 0.0321. The Kier molecular flexibility index (Phi) is 4.21. The van der Waals surface area contributed by atoms with Crippen LogP contribution < -0.4 is 11.1 Å². The van der Waals surface area contributed by atoms with Crippen LogP contribution in [0, 0.1) is 0 Å². The molecule has 1 unspecified atom stereocenters. The second kappa shape index (κ2) is 5.64. The van der Waals surface area contributed by atoms with Crippen LogP contribution in [0.2, 0.25) is 0 Å². The molecule has 1 atom stereocenters. The number of nitrogens with one attached hydrogen (secondary N) is 1. The fourth-order valence-electron chi connectivity index (χ4n) is 1.11. The van der Waals surface area contributed by atoms with E-state index in [2.05, 4.69) is 15.0 Å². The molecule has 0 radical (unpaired) electrons. The topological polar surface area (TPSA) is 136 Å². The molecule has 2 amide bonds. The second-order valence-electron chi connectivity index (χ2n) is 3.25. The highest BCUT2D eigenvalue weighted by molar-refractivity contribution is 5.94. The minimum atomic E-state index is -1.25. The summed E-state index contributed by atoms with van der Waals surface area (Å²) in [4.78, 5) is 32.8. The number of carbonyl (C=O) groups is 3. The fourth-order valence-corrected chi connectivity index (χ4v) is 1.11. The summed E-state index contributed by atoms with van der Waals surface area (Å²) in [5.41, 5.74) is 4.86. The average molecular weight is 241 g/mol. The molecule has 1 rings (SSSR count). The van der Waals surface area contributed by atoms with E-state index in [0.29, 0.717) is 0 Å². The Morgan fingerprint density at radius 1 is 1.53 bits per heavy atom. The Morgan fingerprint density at radius 2 is 2.24 bits per heavy atom. The maximum absolute atomic E-state index is 11.5. The quantitative estimate of drug-likeness (QED) is 0.591. The van der Waals surface area contributed by atoms with Crippen molar-refractivity contribution < 1.29 is 24.0 Å². The molecule has 1 aromatic heterocycles. The molecule has 17 heavy (non-hydrogen) atoms. The molecule has 0 aliphatic rings. The first-order chi connectivity index (χ1) is 8.00. The van der Waals surface area contributed by atoms with Crippen molar-refractivity contribution in [2.45, 2.75) is 18.9 Å². The first kappa shape index (κ1) is 12.7. The van der Waals surface area contributed by atoms with Gasteiger partial charge in [0.05, 0.1) is 0 Å². The van der Waals surface area contributed by atoms with E-state index < -0.39 is 23.8 Å². The molecular weight excluding hydrogens is 230 g/mol. The van der Waals surface area contributed by atoms with Gasteiger partial charge in [-0.2, -0.15) is 0 Å². The third kappa shape index (κ3) is 3.93. The zero-order chi connectivity index (χ0) is 12.8. The summed E-state index contributed by atoms with van der Waals surface area (Å²) in [7, 11) is 0. The van der Waals surface area contributed by atoms with Gasteiger partial charge in [-0.25, -0.2) is 4.79 Å². The molecule has 0 saturated heterocycles. The minimum Gasteiger partial charge on any atom is -0.480 e. The van der Waals surface area contributed by atoms with E-state index in [1.54, 1.807) is 0 Å². The normalized spacial score (nSPS) is 11.8. The Morgan fingerprint density at radius 3 is 2.71 bits per heavy atom. The van der Waals surface area contributed by atoms with Crippen LogP contribution in [0.15, 0.2) is 16.9 Å². The van der Waals surface area contributed by atoms with Crippen molar-refractivity contribution in [2.75, 3.05) is 0 Å². The molecule has 0 aliphatic heterocycles. The highest BCUT2D eigenvalue weighted by atomic mass is 16.5. The molecule has 1 aromatic rings. The number of aliphatic carboxylic acids is 1. The number of primary amides is 1. The van der Waals surface area contributed by atoms with Crippen molar-refractivity contribution in [1.82, 2.24) is 10.5 Å². The van der Waals surface area contributed by atoms with Gasteiger partial charge in [-0.05, 0) is 6.42 Å². The number of carboxylic acids is 1. The zero-order valence-electron chi connectivity index (χ0n) is 8.75. The van der Waals surface area contributed by atoms with Gasteiger partial charge in [0.25, 0.3) is 5.91 Å². The van der Waals surface area contributed by atoms with Crippen LogP contribution >= 0.6 is 0 Å². The van der Waals surface area contributed by atoms with Crippen molar-refractivity contribution in [2.24, 2.45) is 5.73 Å². The number of carbonyl (C=O) groups excluding carboxylic acids is 2. The summed E-state index contributed by atoms with van der Waals surface area (Å²) in [6.07, 6.45) is 0.985. The monoisotopic (exact) mass is 241 g/mol. The molecule has 4 N–H and O–H groups in total. The summed E-state index contributed by atoms with van der Waals surface area (Å²) >= 11 is 0. The summed E-state index contributed by atoms with van der Waals surface area (Å²) in [6.45, 7) is 0. The number of hydrogen-bond donors (Lipinski definition) is 3. The van der Waals surface area contributed by atoms with E-state index >= 15 is 0 Å². The van der Waals surface area contributed by atoms with Gasteiger partial charge < -0.3 is 20.7 Å². The standard InChI is InChI=1S/C9H11N3O5/c10-7(13)2-1-6(9(15)16)11-8(14)5-3-4-17-12-5/h3-4,6H,1-2H2,(H2,10,13)(H,11,14)(H,15,16). The molecule has 0 spiro atoms. The van der Waals surface area contributed by atoms with E-state index in [9.17, 15) is 14.4 Å². The lowest BCUT2D eigenvalue weighted by Crippen LogP contribution is -2.41. The van der Waals surface area contributed by atoms with Gasteiger partial charge in [0, 0.05) is 12.5 Å². The first-order valence-corrected chi connectivity index (χ1v) is 4.73. The maximum atomic E-state index is 11.5. The second-order valence-corrected chi connectivity index (χ2v) is 3.25. The number of hydrogen-bond acceptors (Lipinski definition) is 5. The first-order valence-electron chi connectivity index (χ1n) is 4.73. The van der Waals surface area contributed by atoms with E-state index in [4.69, 9.17) is 10.8 Å². The van der Waals surface area contributed by atoms with Gasteiger partial charge in [-0.1, -0.05) is 5.16 Å². The summed E-state index contributed by atoms with van der Waals surface area (Å²) in [5, 5.41) is 14.4. The maximum Gasteiger partial charge on any atom is 0.326 e. The third-order valence-electron chi connectivity index (χ3n) is 1.95. The van der Waals surface area contributed by atoms with Crippen LogP contribution in [0.1, 0.15) is 23.3 Å². The van der Waals surface area contributed by atoms with E-state index in [1.807, 2.05) is 0 Å². The summed E-state index contributed by atoms with van der Waals surface area (Å²) in [6, 6.07) is 0.106. The summed E-state index contributed by atoms with van der Waals surface area (Å²) in [5.74, 6) is -2.56. The number of aromatic nitrogens is 1. The van der Waals surface area contributed by atoms with Crippen LogP contribution in [-0.4, -0.2) is 34.1 Å². The Labute approximate surface area is 95.8 Å². The SMILES string of the molecule is NC(=O)CCC(NC(=O)c1ccon1)C(=O)O. The number of amides is 2. The molecule has 0 fully saturated rings. The van der Waals surface area contributed by atoms with E-state index in [-0.39, 0.29) is 18.5 Å². The molecule has 0 saturated carbocycles. The fraction of sp³-hybridized carbons (Fsp3) is 0.333. The Hall–Kier alpha value is -2.38. The third-order valence-corrected chi connectivity index (χ3v) is 1.95. The highest BCUT2D eigenvalue weighted by Gasteiger charge is 2.22. The van der Waals surface area contributed by atoms with Crippen molar-refractivity contribution >= 4 is 17.8 Å². The predicted molar refractivity (Wildman–Crippen MR) is 53.8 cm³/mol. The molecule has 8 nitrogen and oxygen atoms in total. The Balaban J connectivity index is 2.58. The van der Waals surface area contributed by atoms with Crippen molar-refractivity contribution in [1.29, 1.82) is 0 Å². The largest absolute Gasteiger partial charge is 0.480 e. The molecule has 0 aromatic carbocycles. The number of rotatable bonds is 6. The van der Waals surface area contributed by atoms with Crippen LogP contribution in [-0.2, 0) is 9.59 Å². The van der Waals surface area contributed by atoms with E-state index in [1.165, 1.54) is 12.3 Å². The highest BCUT2D eigenvalue weighted by Crippen LogP contribution is 2.00. The smallest absolute Gasteiger partial charge is 0.326 e. The zero-order valence-corrected chi connectivity index (χ0v) is 8.75. The van der Waals surface area contributed by atoms with Crippen LogP contribution in [0.3, 0.4) is 0 Å². The van der Waals surface area contributed by atoms with Crippen molar-refractivity contribution in [3.05, 3.63) is 18.0 Å². The number of carboxylic acid groups (broad SMARTS) is 1. The lowest BCUT2D eigenvalue weighted by Gasteiger charge is -2.12. The molecular formula is C9H11N3O5. The Bertz CT molecular complexity index is 414. The number of nitrogens with zero attached hydrogens (tertiary/aromatic N) is 1. The van der Waals surface area contributed by atoms with Crippen LogP contribution in [0.25, 0.3) is 0 Å². The molecule has 0 bridgehead atoms. The molecule has 92 valence electrons. The molecule has 8 heteroatoms. The van der Waals surface area contributed by atoms with Gasteiger partial charge in [-0.15, -0.1) is 0 Å². The molecule has 0 aliphatic carbocycles. The van der Waals surface area contributed by atoms with Crippen LogP contribution in [0.4, 0.5) is 0 Å².